The molecular formula is C28H25ClN2O6. The Morgan fingerprint density at radius 1 is 0.892 bits per heavy atom. The Bertz CT molecular complexity index is 1410. The number of esters is 1. The highest BCUT2D eigenvalue weighted by atomic mass is 35.5. The fourth-order valence-electron chi connectivity index (χ4n) is 3.77. The van der Waals surface area contributed by atoms with Gasteiger partial charge in [-0.3, -0.25) is 9.78 Å². The quantitative estimate of drug-likeness (QED) is 0.302. The highest BCUT2D eigenvalue weighted by molar-refractivity contribution is 6.30. The highest BCUT2D eigenvalue weighted by Crippen LogP contribution is 2.36. The molecule has 37 heavy (non-hydrogen) atoms. The summed E-state index contributed by atoms with van der Waals surface area (Å²) in [6.45, 7) is 0. The van der Waals surface area contributed by atoms with E-state index >= 15 is 0 Å². The summed E-state index contributed by atoms with van der Waals surface area (Å²) >= 11 is 5.89. The maximum Gasteiger partial charge on any atom is 0.328 e. The lowest BCUT2D eigenvalue weighted by Gasteiger charge is -2.17. The van der Waals surface area contributed by atoms with Gasteiger partial charge in [-0.15, -0.1) is 0 Å². The van der Waals surface area contributed by atoms with Gasteiger partial charge >= 0.3 is 5.97 Å². The molecule has 0 radical (unpaired) electrons. The topological polar surface area (TPSA) is 96.0 Å². The van der Waals surface area contributed by atoms with E-state index in [0.717, 1.165) is 10.9 Å². The van der Waals surface area contributed by atoms with Crippen LogP contribution in [-0.2, 0) is 16.0 Å². The number of ether oxygens (including phenoxy) is 4. The van der Waals surface area contributed by atoms with Gasteiger partial charge in [0.2, 0.25) is 0 Å². The first kappa shape index (κ1) is 25.8. The van der Waals surface area contributed by atoms with Crippen molar-refractivity contribution in [3.8, 4) is 23.0 Å². The second kappa shape index (κ2) is 11.6. The summed E-state index contributed by atoms with van der Waals surface area (Å²) in [5.74, 6) is 1.39. The summed E-state index contributed by atoms with van der Waals surface area (Å²) in [5.41, 5.74) is 1.90. The number of hydrogen-bond acceptors (Lipinski definition) is 7. The minimum Gasteiger partial charge on any atom is -0.493 e. The summed E-state index contributed by atoms with van der Waals surface area (Å²) in [5, 5.41) is 4.01. The molecule has 1 atom stereocenters. The van der Waals surface area contributed by atoms with Crippen molar-refractivity contribution in [3.05, 3.63) is 89.1 Å². The number of fused-ring (bicyclic) bond motifs is 1. The van der Waals surface area contributed by atoms with E-state index in [-0.39, 0.29) is 6.42 Å². The van der Waals surface area contributed by atoms with Gasteiger partial charge in [-0.25, -0.2) is 4.79 Å². The third-order valence-corrected chi connectivity index (χ3v) is 5.95. The van der Waals surface area contributed by atoms with E-state index in [2.05, 4.69) is 10.3 Å². The van der Waals surface area contributed by atoms with Crippen molar-refractivity contribution < 1.29 is 28.5 Å². The lowest BCUT2D eigenvalue weighted by molar-refractivity contribution is -0.142. The van der Waals surface area contributed by atoms with Crippen molar-refractivity contribution in [2.24, 2.45) is 0 Å². The molecule has 3 aromatic carbocycles. The molecule has 1 aromatic heterocycles. The third-order valence-electron chi connectivity index (χ3n) is 5.70. The number of benzene rings is 3. The smallest absolute Gasteiger partial charge is 0.328 e. The second-order valence-corrected chi connectivity index (χ2v) is 8.48. The second-order valence-electron chi connectivity index (χ2n) is 8.04. The number of halogens is 1. The SMILES string of the molecule is COC(=O)C(Cc1ccc(Oc2ccnc3cc(OC)c(OC)cc23)cc1)NC(=O)c1ccc(Cl)cc1. The Kier molecular flexibility index (Phi) is 8.10. The summed E-state index contributed by atoms with van der Waals surface area (Å²) in [7, 11) is 4.42. The van der Waals surface area contributed by atoms with E-state index < -0.39 is 17.9 Å². The van der Waals surface area contributed by atoms with E-state index in [1.54, 1.807) is 68.9 Å². The number of amides is 1. The van der Waals surface area contributed by atoms with Crippen LogP contribution >= 0.6 is 11.6 Å². The predicted molar refractivity (Wildman–Crippen MR) is 140 cm³/mol. The predicted octanol–water partition coefficient (Wildman–Crippen LogP) is 5.21. The lowest BCUT2D eigenvalue weighted by Crippen LogP contribution is -2.43. The van der Waals surface area contributed by atoms with E-state index in [1.807, 2.05) is 18.2 Å². The Morgan fingerprint density at radius 3 is 2.22 bits per heavy atom. The van der Waals surface area contributed by atoms with E-state index in [1.165, 1.54) is 7.11 Å². The van der Waals surface area contributed by atoms with Gasteiger partial charge in [-0.2, -0.15) is 0 Å². The van der Waals surface area contributed by atoms with Crippen molar-refractivity contribution in [1.82, 2.24) is 10.3 Å². The molecule has 190 valence electrons. The van der Waals surface area contributed by atoms with Crippen molar-refractivity contribution in [2.75, 3.05) is 21.3 Å². The minimum absolute atomic E-state index is 0.238. The molecule has 8 nitrogen and oxygen atoms in total. The largest absolute Gasteiger partial charge is 0.493 e. The first-order valence-electron chi connectivity index (χ1n) is 11.3. The molecular weight excluding hydrogens is 496 g/mol. The zero-order valence-corrected chi connectivity index (χ0v) is 21.2. The molecule has 1 amide bonds. The average Bonchev–Trinajstić information content (AvgIpc) is 2.92. The Labute approximate surface area is 219 Å². The third kappa shape index (κ3) is 6.10. The van der Waals surface area contributed by atoms with Crippen LogP contribution in [0.4, 0.5) is 0 Å². The Hall–Kier alpha value is -4.30. The van der Waals surface area contributed by atoms with Gasteiger partial charge in [0.05, 0.1) is 26.8 Å². The summed E-state index contributed by atoms with van der Waals surface area (Å²) in [6, 6.07) is 18.1. The first-order chi connectivity index (χ1) is 17.9. The molecule has 4 aromatic rings. The Morgan fingerprint density at radius 2 is 1.57 bits per heavy atom. The zero-order chi connectivity index (χ0) is 26.4. The number of carbonyl (C=O) groups excluding carboxylic acids is 2. The van der Waals surface area contributed by atoms with E-state index in [4.69, 9.17) is 30.5 Å². The number of pyridine rings is 1. The number of nitrogens with one attached hydrogen (secondary N) is 1. The van der Waals surface area contributed by atoms with Crippen LogP contribution in [0.25, 0.3) is 10.9 Å². The molecule has 0 saturated carbocycles. The summed E-state index contributed by atoms with van der Waals surface area (Å²) < 4.78 is 21.8. The zero-order valence-electron chi connectivity index (χ0n) is 20.5. The summed E-state index contributed by atoms with van der Waals surface area (Å²) in [4.78, 5) is 29.4. The number of aromatic nitrogens is 1. The molecule has 0 saturated heterocycles. The first-order valence-corrected chi connectivity index (χ1v) is 11.7. The fraction of sp³-hybridized carbons (Fsp3) is 0.179. The number of carbonyl (C=O) groups is 2. The number of rotatable bonds is 9. The standard InChI is InChI=1S/C28H25ClN2O6/c1-34-25-15-21-22(16-26(25)35-2)30-13-12-24(21)37-20-10-4-17(5-11-20)14-23(28(33)36-3)31-27(32)18-6-8-19(29)9-7-18/h4-13,15-16,23H,14H2,1-3H3,(H,31,32). The van der Waals surface area contributed by atoms with Crippen LogP contribution in [0.1, 0.15) is 15.9 Å². The fourth-order valence-corrected chi connectivity index (χ4v) is 3.90. The highest BCUT2D eigenvalue weighted by Gasteiger charge is 2.23. The molecule has 0 aliphatic carbocycles. The van der Waals surface area contributed by atoms with E-state index in [9.17, 15) is 9.59 Å². The summed E-state index contributed by atoms with van der Waals surface area (Å²) in [6.07, 6.45) is 1.89. The van der Waals surface area contributed by atoms with Gasteiger partial charge in [0, 0.05) is 34.7 Å². The maximum absolute atomic E-state index is 12.6. The van der Waals surface area contributed by atoms with Crippen LogP contribution in [0.2, 0.25) is 5.02 Å². The van der Waals surface area contributed by atoms with Gasteiger partial charge < -0.3 is 24.3 Å². The number of nitrogens with zero attached hydrogens (tertiary/aromatic N) is 1. The number of hydrogen-bond donors (Lipinski definition) is 1. The normalized spacial score (nSPS) is 11.5. The molecule has 0 aliphatic rings. The van der Waals surface area contributed by atoms with Gasteiger partial charge in [0.1, 0.15) is 17.5 Å². The van der Waals surface area contributed by atoms with Gasteiger partial charge in [-0.1, -0.05) is 23.7 Å². The minimum atomic E-state index is -0.869. The molecule has 1 N–H and O–H groups in total. The Balaban J connectivity index is 1.50. The van der Waals surface area contributed by atoms with Crippen LogP contribution in [0.5, 0.6) is 23.0 Å². The van der Waals surface area contributed by atoms with Crippen LogP contribution in [0.3, 0.4) is 0 Å². The molecule has 4 rings (SSSR count). The van der Waals surface area contributed by atoms with Crippen molar-refractivity contribution in [2.45, 2.75) is 12.5 Å². The molecule has 0 bridgehead atoms. The molecule has 1 unspecified atom stereocenters. The van der Waals surface area contributed by atoms with Crippen LogP contribution < -0.4 is 19.5 Å². The van der Waals surface area contributed by atoms with Crippen LogP contribution in [0.15, 0.2) is 72.9 Å². The van der Waals surface area contributed by atoms with Crippen LogP contribution in [-0.4, -0.2) is 44.2 Å². The van der Waals surface area contributed by atoms with Crippen molar-refractivity contribution >= 4 is 34.4 Å². The molecule has 0 aliphatic heterocycles. The van der Waals surface area contributed by atoms with Crippen molar-refractivity contribution in [1.29, 1.82) is 0 Å². The lowest BCUT2D eigenvalue weighted by atomic mass is 10.0. The van der Waals surface area contributed by atoms with Crippen LogP contribution in [0, 0.1) is 0 Å². The van der Waals surface area contributed by atoms with Crippen molar-refractivity contribution in [3.63, 3.8) is 0 Å². The van der Waals surface area contributed by atoms with Gasteiger partial charge in [0.25, 0.3) is 5.91 Å². The number of methoxy groups -OCH3 is 3. The molecule has 0 spiro atoms. The van der Waals surface area contributed by atoms with E-state index in [0.29, 0.717) is 39.1 Å². The molecule has 1 heterocycles. The monoisotopic (exact) mass is 520 g/mol. The average molecular weight is 521 g/mol. The molecule has 0 fully saturated rings. The maximum atomic E-state index is 12.6. The van der Waals surface area contributed by atoms with Gasteiger partial charge in [0.15, 0.2) is 11.5 Å². The molecule has 9 heteroatoms. The van der Waals surface area contributed by atoms with Gasteiger partial charge in [-0.05, 0) is 54.1 Å².